The number of aromatic nitrogens is 1. The van der Waals surface area contributed by atoms with Crippen molar-refractivity contribution in [3.05, 3.63) is 48.0 Å². The molecule has 140 valence electrons. The van der Waals surface area contributed by atoms with Gasteiger partial charge in [-0.15, -0.1) is 0 Å². The Bertz CT molecular complexity index is 852. The molecule has 0 spiro atoms. The van der Waals surface area contributed by atoms with Crippen LogP contribution < -0.4 is 20.7 Å². The van der Waals surface area contributed by atoms with Gasteiger partial charge in [-0.3, -0.25) is 14.5 Å². The Hall–Kier alpha value is -3.13. The van der Waals surface area contributed by atoms with Crippen LogP contribution in [0.25, 0.3) is 0 Å². The summed E-state index contributed by atoms with van der Waals surface area (Å²) in [4.78, 5) is 33.3. The van der Waals surface area contributed by atoms with Crippen LogP contribution in [0.4, 0.5) is 11.6 Å². The van der Waals surface area contributed by atoms with Gasteiger partial charge in [0, 0.05) is 31.7 Å². The number of ether oxygens (including phenoxy) is 1. The third kappa shape index (κ3) is 3.43. The van der Waals surface area contributed by atoms with E-state index in [0.717, 1.165) is 18.7 Å². The van der Waals surface area contributed by atoms with Crippen LogP contribution in [0.15, 0.2) is 42.5 Å². The van der Waals surface area contributed by atoms with Crippen LogP contribution in [0.5, 0.6) is 5.75 Å². The van der Waals surface area contributed by atoms with Crippen molar-refractivity contribution in [1.29, 1.82) is 0 Å². The molecule has 3 heterocycles. The van der Waals surface area contributed by atoms with Crippen molar-refractivity contribution in [3.8, 4) is 5.75 Å². The van der Waals surface area contributed by atoms with Gasteiger partial charge in [0.05, 0.1) is 0 Å². The Balaban J connectivity index is 1.66. The first-order valence-corrected chi connectivity index (χ1v) is 8.91. The Morgan fingerprint density at radius 1 is 1.19 bits per heavy atom. The van der Waals surface area contributed by atoms with E-state index < -0.39 is 6.10 Å². The summed E-state index contributed by atoms with van der Waals surface area (Å²) in [6.45, 7) is 2.65. The van der Waals surface area contributed by atoms with E-state index in [1.54, 1.807) is 17.0 Å². The van der Waals surface area contributed by atoms with Gasteiger partial charge < -0.3 is 20.7 Å². The first-order valence-electron chi connectivity index (χ1n) is 8.91. The third-order valence-electron chi connectivity index (χ3n) is 4.72. The first kappa shape index (κ1) is 17.3. The van der Waals surface area contributed by atoms with Crippen molar-refractivity contribution in [2.45, 2.75) is 6.10 Å². The van der Waals surface area contributed by atoms with Gasteiger partial charge >= 0.3 is 0 Å². The maximum Gasteiger partial charge on any atom is 0.274 e. The van der Waals surface area contributed by atoms with Crippen LogP contribution in [0.2, 0.25) is 0 Å². The molecule has 2 aliphatic heterocycles. The molecule has 3 N–H and O–H groups in total. The number of hydrogen-bond acceptors (Lipinski definition) is 6. The molecule has 0 saturated carbocycles. The molecule has 0 radical (unpaired) electrons. The second-order valence-corrected chi connectivity index (χ2v) is 6.52. The molecule has 1 unspecified atom stereocenters. The Kier molecular flexibility index (Phi) is 4.64. The number of anilines is 2. The van der Waals surface area contributed by atoms with Crippen LogP contribution in [-0.4, -0.2) is 54.4 Å². The highest BCUT2D eigenvalue weighted by atomic mass is 16.5. The minimum atomic E-state index is -0.819. The van der Waals surface area contributed by atoms with E-state index in [0.29, 0.717) is 18.8 Å². The van der Waals surface area contributed by atoms with Crippen molar-refractivity contribution in [3.63, 3.8) is 0 Å². The summed E-state index contributed by atoms with van der Waals surface area (Å²) in [6.07, 6.45) is -0.819. The normalized spacial score (nSPS) is 19.4. The number of piperazine rings is 1. The molecule has 2 aliphatic rings. The smallest absolute Gasteiger partial charge is 0.274 e. The van der Waals surface area contributed by atoms with E-state index in [-0.39, 0.29) is 30.0 Å². The molecule has 1 aromatic heterocycles. The van der Waals surface area contributed by atoms with E-state index in [1.165, 1.54) is 4.90 Å². The van der Waals surface area contributed by atoms with Gasteiger partial charge in [-0.05, 0) is 12.1 Å². The number of nitrogens with two attached hydrogens (primary N) is 1. The van der Waals surface area contributed by atoms with Gasteiger partial charge in [0.15, 0.2) is 11.6 Å². The van der Waals surface area contributed by atoms with Crippen molar-refractivity contribution in [1.82, 2.24) is 15.2 Å². The number of rotatable bonds is 3. The number of benzene rings is 1. The molecule has 1 saturated heterocycles. The molecule has 0 aliphatic carbocycles. The minimum absolute atomic E-state index is 0.0883. The summed E-state index contributed by atoms with van der Waals surface area (Å²) in [5, 5.41) is 3.21. The molecule has 8 heteroatoms. The highest BCUT2D eigenvalue weighted by Crippen LogP contribution is 2.38. The van der Waals surface area contributed by atoms with Gasteiger partial charge in [0.2, 0.25) is 12.0 Å². The standard InChI is InChI=1S/C19H21N5O3/c20-15-7-6-14-18(22-15)24(12-16(25)23-10-8-21-9-11-23)19(26)17(27-14)13-4-2-1-3-5-13/h1-7,17,21H,8-12H2,(H2,20,22). The number of hydrogen-bond donors (Lipinski definition) is 2. The zero-order chi connectivity index (χ0) is 18.8. The van der Waals surface area contributed by atoms with Crippen LogP contribution in [-0.2, 0) is 9.59 Å². The lowest BCUT2D eigenvalue weighted by Gasteiger charge is -2.35. The number of carbonyl (C=O) groups excluding carboxylic acids is 2. The van der Waals surface area contributed by atoms with Crippen LogP contribution in [0.1, 0.15) is 11.7 Å². The molecule has 1 aromatic carbocycles. The first-order chi connectivity index (χ1) is 13.1. The van der Waals surface area contributed by atoms with Gasteiger partial charge in [-0.2, -0.15) is 0 Å². The molecule has 27 heavy (non-hydrogen) atoms. The summed E-state index contributed by atoms with van der Waals surface area (Å²) < 4.78 is 5.90. The summed E-state index contributed by atoms with van der Waals surface area (Å²) in [6, 6.07) is 12.5. The lowest BCUT2D eigenvalue weighted by molar-refractivity contribution is -0.134. The number of nitrogens with zero attached hydrogens (tertiary/aromatic N) is 3. The average molecular weight is 367 g/mol. The summed E-state index contributed by atoms with van der Waals surface area (Å²) >= 11 is 0. The second-order valence-electron chi connectivity index (χ2n) is 6.52. The van der Waals surface area contributed by atoms with Crippen molar-refractivity contribution >= 4 is 23.5 Å². The zero-order valence-electron chi connectivity index (χ0n) is 14.8. The summed E-state index contributed by atoms with van der Waals surface area (Å²) in [7, 11) is 0. The fourth-order valence-corrected chi connectivity index (χ4v) is 3.30. The van der Waals surface area contributed by atoms with E-state index in [9.17, 15) is 9.59 Å². The van der Waals surface area contributed by atoms with Crippen LogP contribution in [0, 0.1) is 0 Å². The number of amides is 2. The predicted octanol–water partition coefficient (Wildman–Crippen LogP) is 0.562. The average Bonchev–Trinajstić information content (AvgIpc) is 2.71. The quantitative estimate of drug-likeness (QED) is 0.822. The van der Waals surface area contributed by atoms with E-state index in [1.807, 2.05) is 30.3 Å². The third-order valence-corrected chi connectivity index (χ3v) is 4.72. The number of nitrogens with one attached hydrogen (secondary N) is 1. The molecule has 1 fully saturated rings. The molecular weight excluding hydrogens is 346 g/mol. The predicted molar refractivity (Wildman–Crippen MR) is 100 cm³/mol. The van der Waals surface area contributed by atoms with E-state index in [2.05, 4.69) is 10.3 Å². The van der Waals surface area contributed by atoms with Crippen molar-refractivity contribution in [2.24, 2.45) is 0 Å². The summed E-state index contributed by atoms with van der Waals surface area (Å²) in [5.41, 5.74) is 6.53. The topological polar surface area (TPSA) is 101 Å². The molecule has 2 amide bonds. The van der Waals surface area contributed by atoms with Gasteiger partial charge in [0.25, 0.3) is 5.91 Å². The van der Waals surface area contributed by atoms with Gasteiger partial charge in [-0.25, -0.2) is 4.98 Å². The lowest BCUT2D eigenvalue weighted by Crippen LogP contribution is -2.52. The monoisotopic (exact) mass is 367 g/mol. The molecule has 4 rings (SSSR count). The second kappa shape index (κ2) is 7.24. The SMILES string of the molecule is Nc1ccc2c(n1)N(CC(=O)N1CCNCC1)C(=O)C(c1ccccc1)O2. The minimum Gasteiger partial charge on any atom is -0.472 e. The molecular formula is C19H21N5O3. The van der Waals surface area contributed by atoms with Crippen LogP contribution >= 0.6 is 0 Å². The highest BCUT2D eigenvalue weighted by Gasteiger charge is 2.38. The molecule has 0 bridgehead atoms. The fraction of sp³-hybridized carbons (Fsp3) is 0.316. The maximum atomic E-state index is 13.2. The number of nitrogen functional groups attached to an aromatic ring is 1. The Labute approximate surface area is 156 Å². The molecule has 2 aromatic rings. The number of carbonyl (C=O) groups is 2. The van der Waals surface area contributed by atoms with E-state index >= 15 is 0 Å². The van der Waals surface area contributed by atoms with Crippen molar-refractivity contribution in [2.75, 3.05) is 43.4 Å². The van der Waals surface area contributed by atoms with Crippen LogP contribution in [0.3, 0.4) is 0 Å². The van der Waals surface area contributed by atoms with Gasteiger partial charge in [-0.1, -0.05) is 30.3 Å². The lowest BCUT2D eigenvalue weighted by atomic mass is 10.1. The zero-order valence-corrected chi connectivity index (χ0v) is 14.8. The fourth-order valence-electron chi connectivity index (χ4n) is 3.30. The van der Waals surface area contributed by atoms with E-state index in [4.69, 9.17) is 10.5 Å². The Morgan fingerprint density at radius 3 is 2.67 bits per heavy atom. The highest BCUT2D eigenvalue weighted by molar-refractivity contribution is 6.03. The molecule has 8 nitrogen and oxygen atoms in total. The van der Waals surface area contributed by atoms with Gasteiger partial charge in [0.1, 0.15) is 12.4 Å². The number of fused-ring (bicyclic) bond motifs is 1. The van der Waals surface area contributed by atoms with Crippen molar-refractivity contribution < 1.29 is 14.3 Å². The Morgan fingerprint density at radius 2 is 1.93 bits per heavy atom. The maximum absolute atomic E-state index is 13.2. The largest absolute Gasteiger partial charge is 0.472 e. The summed E-state index contributed by atoms with van der Waals surface area (Å²) in [5.74, 6) is 0.549. The molecule has 1 atom stereocenters. The number of pyridine rings is 1.